The number of anilines is 1. The normalized spacial score (nSPS) is 10.7. The zero-order valence-electron chi connectivity index (χ0n) is 11.4. The van der Waals surface area contributed by atoms with Crippen LogP contribution in [0.1, 0.15) is 11.1 Å². The van der Waals surface area contributed by atoms with Crippen molar-refractivity contribution in [2.75, 3.05) is 11.9 Å². The van der Waals surface area contributed by atoms with Crippen molar-refractivity contribution in [3.8, 4) is 0 Å². The first-order valence-corrected chi connectivity index (χ1v) is 6.68. The van der Waals surface area contributed by atoms with Crippen molar-refractivity contribution >= 4 is 17.0 Å². The van der Waals surface area contributed by atoms with Crippen LogP contribution in [0, 0.1) is 6.92 Å². The highest BCUT2D eigenvalue weighted by molar-refractivity contribution is 5.71. The summed E-state index contributed by atoms with van der Waals surface area (Å²) < 4.78 is 0. The molecule has 2 aromatic heterocycles. The summed E-state index contributed by atoms with van der Waals surface area (Å²) in [6.45, 7) is 2.96. The Morgan fingerprint density at radius 2 is 1.95 bits per heavy atom. The molecule has 20 heavy (non-hydrogen) atoms. The number of nitrogens with zero attached hydrogens (tertiary/aromatic N) is 3. The predicted octanol–water partition coefficient (Wildman–Crippen LogP) is 2.99. The summed E-state index contributed by atoms with van der Waals surface area (Å²) >= 11 is 0. The Morgan fingerprint density at radius 3 is 2.85 bits per heavy atom. The van der Waals surface area contributed by atoms with Crippen molar-refractivity contribution in [3.05, 3.63) is 59.9 Å². The van der Waals surface area contributed by atoms with E-state index in [2.05, 4.69) is 51.5 Å². The lowest BCUT2D eigenvalue weighted by atomic mass is 10.1. The molecule has 0 aliphatic rings. The second-order valence-electron chi connectivity index (χ2n) is 4.76. The molecular formula is C16H16N4. The van der Waals surface area contributed by atoms with Gasteiger partial charge in [0, 0.05) is 18.9 Å². The van der Waals surface area contributed by atoms with E-state index in [1.165, 1.54) is 11.1 Å². The molecule has 0 spiro atoms. The van der Waals surface area contributed by atoms with E-state index in [9.17, 15) is 0 Å². The van der Waals surface area contributed by atoms with Gasteiger partial charge in [-0.3, -0.25) is 4.98 Å². The van der Waals surface area contributed by atoms with E-state index >= 15 is 0 Å². The van der Waals surface area contributed by atoms with Crippen molar-refractivity contribution in [3.63, 3.8) is 0 Å². The van der Waals surface area contributed by atoms with Crippen molar-refractivity contribution in [1.29, 1.82) is 0 Å². The van der Waals surface area contributed by atoms with Crippen LogP contribution in [0.5, 0.6) is 0 Å². The summed E-state index contributed by atoms with van der Waals surface area (Å²) in [5.41, 5.74) is 4.12. The van der Waals surface area contributed by atoms with Crippen molar-refractivity contribution < 1.29 is 0 Å². The molecule has 0 unspecified atom stereocenters. The number of rotatable bonds is 4. The van der Waals surface area contributed by atoms with E-state index in [4.69, 9.17) is 0 Å². The number of nitrogens with one attached hydrogen (secondary N) is 1. The second kappa shape index (κ2) is 5.65. The summed E-state index contributed by atoms with van der Waals surface area (Å²) in [6, 6.07) is 12.4. The molecule has 0 aliphatic heterocycles. The first kappa shape index (κ1) is 12.5. The monoisotopic (exact) mass is 264 g/mol. The average molecular weight is 264 g/mol. The van der Waals surface area contributed by atoms with Gasteiger partial charge in [-0.25, -0.2) is 9.97 Å². The maximum Gasteiger partial charge on any atom is 0.180 e. The SMILES string of the molecule is Cc1cccc(CCNc2ccc3nccnc3n2)c1. The van der Waals surface area contributed by atoms with Gasteiger partial charge in [0.25, 0.3) is 0 Å². The van der Waals surface area contributed by atoms with Crippen molar-refractivity contribution in [1.82, 2.24) is 15.0 Å². The molecule has 0 aliphatic carbocycles. The average Bonchev–Trinajstić information content (AvgIpc) is 2.47. The second-order valence-corrected chi connectivity index (χ2v) is 4.76. The molecule has 0 fully saturated rings. The third-order valence-electron chi connectivity index (χ3n) is 3.13. The first-order chi connectivity index (χ1) is 9.81. The number of benzene rings is 1. The summed E-state index contributed by atoms with van der Waals surface area (Å²) in [6.07, 6.45) is 4.31. The fraction of sp³-hybridized carbons (Fsp3) is 0.188. The molecule has 4 nitrogen and oxygen atoms in total. The molecule has 100 valence electrons. The highest BCUT2D eigenvalue weighted by atomic mass is 15.0. The van der Waals surface area contributed by atoms with Crippen molar-refractivity contribution in [2.24, 2.45) is 0 Å². The molecule has 0 atom stereocenters. The van der Waals surface area contributed by atoms with Crippen LogP contribution in [0.15, 0.2) is 48.8 Å². The minimum absolute atomic E-state index is 0.674. The number of pyridine rings is 1. The van der Waals surface area contributed by atoms with Crippen LogP contribution < -0.4 is 5.32 Å². The quantitative estimate of drug-likeness (QED) is 0.787. The maximum absolute atomic E-state index is 4.44. The molecule has 0 amide bonds. The van der Waals surface area contributed by atoms with Gasteiger partial charge in [0.05, 0.1) is 0 Å². The zero-order chi connectivity index (χ0) is 13.8. The van der Waals surface area contributed by atoms with E-state index in [1.54, 1.807) is 12.4 Å². The molecule has 3 aromatic rings. The van der Waals surface area contributed by atoms with Gasteiger partial charge in [-0.2, -0.15) is 0 Å². The van der Waals surface area contributed by atoms with Gasteiger partial charge < -0.3 is 5.32 Å². The fourth-order valence-electron chi connectivity index (χ4n) is 2.16. The van der Waals surface area contributed by atoms with Crippen LogP contribution in [0.25, 0.3) is 11.2 Å². The van der Waals surface area contributed by atoms with Crippen molar-refractivity contribution in [2.45, 2.75) is 13.3 Å². The molecule has 1 N–H and O–H groups in total. The lowest BCUT2D eigenvalue weighted by Gasteiger charge is -2.06. The molecule has 2 heterocycles. The topological polar surface area (TPSA) is 50.7 Å². The number of hydrogen-bond donors (Lipinski definition) is 1. The number of aromatic nitrogens is 3. The molecule has 3 rings (SSSR count). The number of fused-ring (bicyclic) bond motifs is 1. The Kier molecular flexibility index (Phi) is 3.54. The largest absolute Gasteiger partial charge is 0.370 e. The Balaban J connectivity index is 1.65. The molecule has 1 aromatic carbocycles. The summed E-state index contributed by atoms with van der Waals surface area (Å²) in [7, 11) is 0. The molecule has 0 bridgehead atoms. The highest BCUT2D eigenvalue weighted by Crippen LogP contribution is 2.10. The molecular weight excluding hydrogens is 248 g/mol. The van der Waals surface area contributed by atoms with Crippen LogP contribution in [0.3, 0.4) is 0 Å². The predicted molar refractivity (Wildman–Crippen MR) is 80.7 cm³/mol. The standard InChI is InChI=1S/C16H16N4/c1-12-3-2-4-13(11-12)7-8-18-15-6-5-14-16(20-15)19-10-9-17-14/h2-6,9-11H,7-8H2,1H3,(H,18,19,20). The van der Waals surface area contributed by atoms with Gasteiger partial charge in [0.2, 0.25) is 0 Å². The smallest absolute Gasteiger partial charge is 0.180 e. The third-order valence-corrected chi connectivity index (χ3v) is 3.13. The van der Waals surface area contributed by atoms with Crippen LogP contribution in [-0.4, -0.2) is 21.5 Å². The van der Waals surface area contributed by atoms with Gasteiger partial charge in [0.1, 0.15) is 11.3 Å². The molecule has 4 heteroatoms. The summed E-state index contributed by atoms with van der Waals surface area (Å²) in [5.74, 6) is 0.839. The van der Waals surface area contributed by atoms with Gasteiger partial charge in [0.15, 0.2) is 5.65 Å². The lowest BCUT2D eigenvalue weighted by Crippen LogP contribution is -2.06. The first-order valence-electron chi connectivity index (χ1n) is 6.68. The Bertz CT molecular complexity index is 724. The number of aryl methyl sites for hydroxylation is 1. The minimum Gasteiger partial charge on any atom is -0.370 e. The van der Waals surface area contributed by atoms with E-state index < -0.39 is 0 Å². The van der Waals surface area contributed by atoms with E-state index in [1.807, 2.05) is 12.1 Å². The van der Waals surface area contributed by atoms with E-state index in [0.717, 1.165) is 24.3 Å². The van der Waals surface area contributed by atoms with Gasteiger partial charge in [-0.15, -0.1) is 0 Å². The molecule has 0 saturated heterocycles. The Labute approximate surface area is 117 Å². The van der Waals surface area contributed by atoms with Crippen LogP contribution in [0.2, 0.25) is 0 Å². The summed E-state index contributed by atoms with van der Waals surface area (Å²) in [4.78, 5) is 12.9. The lowest BCUT2D eigenvalue weighted by molar-refractivity contribution is 1.00. The van der Waals surface area contributed by atoms with Gasteiger partial charge in [-0.05, 0) is 31.0 Å². The van der Waals surface area contributed by atoms with Gasteiger partial charge >= 0.3 is 0 Å². The molecule has 0 saturated carbocycles. The number of hydrogen-bond acceptors (Lipinski definition) is 4. The van der Waals surface area contributed by atoms with E-state index in [-0.39, 0.29) is 0 Å². The van der Waals surface area contributed by atoms with Gasteiger partial charge in [-0.1, -0.05) is 29.8 Å². The fourth-order valence-corrected chi connectivity index (χ4v) is 2.16. The Morgan fingerprint density at radius 1 is 1.05 bits per heavy atom. The van der Waals surface area contributed by atoms with Crippen LogP contribution >= 0.6 is 0 Å². The Hall–Kier alpha value is -2.49. The highest BCUT2D eigenvalue weighted by Gasteiger charge is 1.99. The van der Waals surface area contributed by atoms with Crippen LogP contribution in [0.4, 0.5) is 5.82 Å². The maximum atomic E-state index is 4.44. The molecule has 0 radical (unpaired) electrons. The zero-order valence-corrected chi connectivity index (χ0v) is 11.4. The summed E-state index contributed by atoms with van der Waals surface area (Å²) in [5, 5.41) is 3.33. The third kappa shape index (κ3) is 2.91. The van der Waals surface area contributed by atoms with E-state index in [0.29, 0.717) is 5.65 Å². The van der Waals surface area contributed by atoms with Crippen LogP contribution in [-0.2, 0) is 6.42 Å². The minimum atomic E-state index is 0.674.